The van der Waals surface area contributed by atoms with E-state index in [2.05, 4.69) is 20.5 Å². The number of carboxylic acids is 1. The Balaban J connectivity index is 1.56. The van der Waals surface area contributed by atoms with E-state index in [-0.39, 0.29) is 24.4 Å². The number of hydrogen-bond acceptors (Lipinski definition) is 7. The number of fused-ring (bicyclic) bond motifs is 1. The minimum absolute atomic E-state index is 0.138. The number of benzene rings is 2. The number of nitrogens with zero attached hydrogens (tertiary/aromatic N) is 2. The van der Waals surface area contributed by atoms with Crippen molar-refractivity contribution in [2.75, 3.05) is 41.8 Å². The molecule has 1 aliphatic heterocycles. The molecule has 2 aromatic carbocycles. The van der Waals surface area contributed by atoms with E-state index in [0.717, 1.165) is 23.7 Å². The number of aromatic nitrogens is 1. The number of aliphatic carboxylic acids is 1. The highest BCUT2D eigenvalue weighted by Crippen LogP contribution is 2.33. The first kappa shape index (κ1) is 21.1. The molecule has 9 heteroatoms. The number of carbonyl (C=O) groups is 2. The number of nitrogens with one attached hydrogen (secondary N) is 2. The van der Waals surface area contributed by atoms with Crippen LogP contribution in [0.15, 0.2) is 42.5 Å². The molecule has 2 heterocycles. The van der Waals surface area contributed by atoms with Crippen molar-refractivity contribution in [1.82, 2.24) is 4.98 Å². The van der Waals surface area contributed by atoms with Crippen molar-refractivity contribution in [3.05, 3.63) is 47.3 Å². The van der Waals surface area contributed by atoms with Crippen LogP contribution in [-0.4, -0.2) is 54.3 Å². The van der Waals surface area contributed by atoms with Gasteiger partial charge in [-0.05, 0) is 36.2 Å². The molecule has 8 nitrogen and oxygen atoms in total. The highest BCUT2D eigenvalue weighted by Gasteiger charge is 2.28. The number of amides is 1. The zero-order valence-electron chi connectivity index (χ0n) is 17.1. The van der Waals surface area contributed by atoms with Crippen molar-refractivity contribution in [2.45, 2.75) is 19.4 Å². The lowest BCUT2D eigenvalue weighted by atomic mass is 10.1. The van der Waals surface area contributed by atoms with E-state index in [9.17, 15) is 9.59 Å². The molecular formula is C22H24N4O4S. The summed E-state index contributed by atoms with van der Waals surface area (Å²) in [4.78, 5) is 31.0. The summed E-state index contributed by atoms with van der Waals surface area (Å²) in [6.07, 6.45) is 1.03. The Morgan fingerprint density at radius 1 is 1.26 bits per heavy atom. The highest BCUT2D eigenvalue weighted by molar-refractivity contribution is 7.18. The van der Waals surface area contributed by atoms with Gasteiger partial charge in [-0.15, -0.1) is 0 Å². The van der Waals surface area contributed by atoms with E-state index in [4.69, 9.17) is 9.84 Å². The molecule has 1 aliphatic rings. The molecular weight excluding hydrogens is 416 g/mol. The van der Waals surface area contributed by atoms with Crippen molar-refractivity contribution in [1.29, 1.82) is 0 Å². The lowest BCUT2D eigenvalue weighted by molar-refractivity contribution is -0.134. The maximum absolute atomic E-state index is 13.0. The number of hydrogen-bond donors (Lipinski definition) is 3. The van der Waals surface area contributed by atoms with E-state index in [1.54, 1.807) is 0 Å². The van der Waals surface area contributed by atoms with Gasteiger partial charge in [-0.1, -0.05) is 41.7 Å². The Hall–Kier alpha value is -3.17. The third kappa shape index (κ3) is 4.95. The summed E-state index contributed by atoms with van der Waals surface area (Å²) in [7, 11) is 0. The standard InChI is InChI=1S/C22H24N4O4S/c1-2-30-17-9-10-26(13-17)22-25-20(23-12-18(27)28)19(31-22)21(29)24-16-8-7-14-5-3-4-6-15(14)11-16/h3-8,11,17,23H,2,9-10,12-13H2,1H3,(H,24,29)(H,27,28)/t17-/m0/s1. The van der Waals surface area contributed by atoms with Gasteiger partial charge in [0.05, 0.1) is 6.10 Å². The molecule has 0 bridgehead atoms. The summed E-state index contributed by atoms with van der Waals surface area (Å²) in [5.74, 6) is -1.07. The van der Waals surface area contributed by atoms with Crippen molar-refractivity contribution in [3.8, 4) is 0 Å². The van der Waals surface area contributed by atoms with Crippen LogP contribution in [0, 0.1) is 0 Å². The number of carboxylic acid groups (broad SMARTS) is 1. The Morgan fingerprint density at radius 3 is 2.84 bits per heavy atom. The monoisotopic (exact) mass is 440 g/mol. The minimum Gasteiger partial charge on any atom is -0.480 e. The maximum Gasteiger partial charge on any atom is 0.322 e. The fraction of sp³-hybridized carbons (Fsp3) is 0.318. The molecule has 1 atom stereocenters. The molecule has 0 saturated carbocycles. The third-order valence-electron chi connectivity index (χ3n) is 5.05. The summed E-state index contributed by atoms with van der Waals surface area (Å²) in [5, 5.41) is 17.5. The number of anilines is 3. The van der Waals surface area contributed by atoms with Gasteiger partial charge >= 0.3 is 5.97 Å². The molecule has 31 heavy (non-hydrogen) atoms. The zero-order valence-corrected chi connectivity index (χ0v) is 17.9. The van der Waals surface area contributed by atoms with Crippen molar-refractivity contribution in [3.63, 3.8) is 0 Å². The number of carbonyl (C=O) groups excluding carboxylic acids is 1. The second-order valence-corrected chi connectivity index (χ2v) is 8.23. The summed E-state index contributed by atoms with van der Waals surface area (Å²) < 4.78 is 5.69. The first-order valence-electron chi connectivity index (χ1n) is 10.2. The molecule has 0 unspecified atom stereocenters. The van der Waals surface area contributed by atoms with Gasteiger partial charge in [0.2, 0.25) is 0 Å². The predicted octanol–water partition coefficient (Wildman–Crippen LogP) is 3.66. The Kier molecular flexibility index (Phi) is 6.34. The quantitative estimate of drug-likeness (QED) is 0.491. The minimum atomic E-state index is -1.02. The molecule has 4 rings (SSSR count). The van der Waals surface area contributed by atoms with Crippen LogP contribution in [0.4, 0.5) is 16.6 Å². The van der Waals surface area contributed by atoms with Crippen LogP contribution in [0.5, 0.6) is 0 Å². The topological polar surface area (TPSA) is 104 Å². The Bertz CT molecular complexity index is 1100. The van der Waals surface area contributed by atoms with Crippen molar-refractivity contribution >= 4 is 50.6 Å². The molecule has 162 valence electrons. The van der Waals surface area contributed by atoms with Crippen LogP contribution in [0.25, 0.3) is 10.8 Å². The van der Waals surface area contributed by atoms with Gasteiger partial charge in [-0.3, -0.25) is 9.59 Å². The maximum atomic E-state index is 13.0. The second-order valence-electron chi connectivity index (χ2n) is 7.25. The van der Waals surface area contributed by atoms with Crippen LogP contribution >= 0.6 is 11.3 Å². The first-order chi connectivity index (χ1) is 15.0. The smallest absolute Gasteiger partial charge is 0.322 e. The molecule has 3 aromatic rings. The Labute approximate surface area is 183 Å². The number of rotatable bonds is 8. The summed E-state index contributed by atoms with van der Waals surface area (Å²) in [6.45, 7) is 3.78. The molecule has 0 radical (unpaired) electrons. The molecule has 0 spiro atoms. The fourth-order valence-corrected chi connectivity index (χ4v) is 4.58. The summed E-state index contributed by atoms with van der Waals surface area (Å²) in [5.41, 5.74) is 0.667. The number of thiazole rings is 1. The van der Waals surface area contributed by atoms with E-state index >= 15 is 0 Å². The molecule has 0 aliphatic carbocycles. The van der Waals surface area contributed by atoms with E-state index in [1.165, 1.54) is 11.3 Å². The van der Waals surface area contributed by atoms with Crippen LogP contribution in [0.3, 0.4) is 0 Å². The van der Waals surface area contributed by atoms with Crippen LogP contribution in [-0.2, 0) is 9.53 Å². The van der Waals surface area contributed by atoms with Gasteiger partial charge in [0.15, 0.2) is 10.9 Å². The normalized spacial score (nSPS) is 15.9. The third-order valence-corrected chi connectivity index (χ3v) is 6.17. The Morgan fingerprint density at radius 2 is 2.06 bits per heavy atom. The van der Waals surface area contributed by atoms with Gasteiger partial charge in [0, 0.05) is 25.4 Å². The fourth-order valence-electron chi connectivity index (χ4n) is 3.61. The van der Waals surface area contributed by atoms with Gasteiger partial charge in [0.1, 0.15) is 11.4 Å². The first-order valence-corrected chi connectivity index (χ1v) is 11.0. The van der Waals surface area contributed by atoms with E-state index < -0.39 is 5.97 Å². The van der Waals surface area contributed by atoms with Crippen molar-refractivity contribution in [2.24, 2.45) is 0 Å². The molecule has 3 N–H and O–H groups in total. The van der Waals surface area contributed by atoms with Gasteiger partial charge in [-0.2, -0.15) is 0 Å². The summed E-state index contributed by atoms with van der Waals surface area (Å²) >= 11 is 1.25. The lowest BCUT2D eigenvalue weighted by Gasteiger charge is -2.14. The second kappa shape index (κ2) is 9.32. The average molecular weight is 441 g/mol. The average Bonchev–Trinajstić information content (AvgIpc) is 3.39. The van der Waals surface area contributed by atoms with Gasteiger partial charge < -0.3 is 25.4 Å². The molecule has 1 aromatic heterocycles. The predicted molar refractivity (Wildman–Crippen MR) is 122 cm³/mol. The number of ether oxygens (including phenoxy) is 1. The van der Waals surface area contributed by atoms with Crippen molar-refractivity contribution < 1.29 is 19.4 Å². The zero-order chi connectivity index (χ0) is 21.8. The SMILES string of the molecule is CCO[C@H]1CCN(c2nc(NCC(=O)O)c(C(=O)Nc3ccc4ccccc4c3)s2)C1. The summed E-state index contributed by atoms with van der Waals surface area (Å²) in [6, 6.07) is 13.6. The van der Waals surface area contributed by atoms with Gasteiger partial charge in [0.25, 0.3) is 5.91 Å². The van der Waals surface area contributed by atoms with Crippen LogP contribution < -0.4 is 15.5 Å². The molecule has 1 amide bonds. The van der Waals surface area contributed by atoms with Gasteiger partial charge in [-0.25, -0.2) is 4.98 Å². The van der Waals surface area contributed by atoms with E-state index in [0.29, 0.717) is 28.8 Å². The van der Waals surface area contributed by atoms with E-state index in [1.807, 2.05) is 49.4 Å². The van der Waals surface area contributed by atoms with Crippen LogP contribution in [0.1, 0.15) is 23.0 Å². The van der Waals surface area contributed by atoms with Crippen LogP contribution in [0.2, 0.25) is 0 Å². The molecule has 1 fully saturated rings. The lowest BCUT2D eigenvalue weighted by Crippen LogP contribution is -2.22. The highest BCUT2D eigenvalue weighted by atomic mass is 32.1. The largest absolute Gasteiger partial charge is 0.480 e. The molecule has 1 saturated heterocycles.